The van der Waals surface area contributed by atoms with Crippen molar-refractivity contribution in [3.8, 4) is 0 Å². The molecule has 5 nitrogen and oxygen atoms in total. The number of halogens is 1. The lowest BCUT2D eigenvalue weighted by Crippen LogP contribution is -2.26. The summed E-state index contributed by atoms with van der Waals surface area (Å²) in [7, 11) is 3.56. The molecule has 0 bridgehead atoms. The van der Waals surface area contributed by atoms with Crippen LogP contribution in [-0.2, 0) is 11.8 Å². The highest BCUT2D eigenvalue weighted by atomic mass is 35.5. The van der Waals surface area contributed by atoms with Gasteiger partial charge in [0.15, 0.2) is 0 Å². The Bertz CT molecular complexity index is 564. The van der Waals surface area contributed by atoms with Crippen molar-refractivity contribution in [2.24, 2.45) is 7.05 Å². The van der Waals surface area contributed by atoms with Crippen molar-refractivity contribution >= 4 is 34.5 Å². The Morgan fingerprint density at radius 1 is 1.53 bits per heavy atom. The molecule has 0 aliphatic carbocycles. The van der Waals surface area contributed by atoms with Gasteiger partial charge in [-0.2, -0.15) is 0 Å². The molecule has 0 unspecified atom stereocenters. The molecule has 0 saturated carbocycles. The van der Waals surface area contributed by atoms with Gasteiger partial charge in [0, 0.05) is 12.1 Å². The van der Waals surface area contributed by atoms with E-state index in [-0.39, 0.29) is 12.5 Å². The summed E-state index contributed by atoms with van der Waals surface area (Å²) in [5.74, 6) is 0.388. The number of imidazole rings is 1. The van der Waals surface area contributed by atoms with E-state index in [1.165, 1.54) is 0 Å². The molecule has 1 aromatic carbocycles. The number of hydrogen-bond donors (Lipinski definition) is 2. The monoisotopic (exact) mass is 252 g/mol. The summed E-state index contributed by atoms with van der Waals surface area (Å²) >= 11 is 5.89. The fourth-order valence-electron chi connectivity index (χ4n) is 1.61. The Morgan fingerprint density at radius 2 is 2.29 bits per heavy atom. The lowest BCUT2D eigenvalue weighted by Gasteiger charge is -2.04. The molecule has 0 atom stereocenters. The van der Waals surface area contributed by atoms with E-state index in [0.29, 0.717) is 11.0 Å². The van der Waals surface area contributed by atoms with Crippen LogP contribution in [0.2, 0.25) is 5.02 Å². The van der Waals surface area contributed by atoms with E-state index in [2.05, 4.69) is 15.6 Å². The van der Waals surface area contributed by atoms with E-state index in [9.17, 15) is 4.79 Å². The molecular weight excluding hydrogens is 240 g/mol. The van der Waals surface area contributed by atoms with Crippen LogP contribution in [0.1, 0.15) is 0 Å². The zero-order valence-corrected chi connectivity index (χ0v) is 10.4. The maximum absolute atomic E-state index is 11.5. The third-order valence-corrected chi connectivity index (χ3v) is 2.67. The Labute approximate surface area is 104 Å². The van der Waals surface area contributed by atoms with Crippen molar-refractivity contribution in [1.82, 2.24) is 14.9 Å². The molecule has 0 aliphatic heterocycles. The van der Waals surface area contributed by atoms with Crippen LogP contribution in [0.15, 0.2) is 18.2 Å². The van der Waals surface area contributed by atoms with Crippen molar-refractivity contribution in [1.29, 1.82) is 0 Å². The van der Waals surface area contributed by atoms with Crippen molar-refractivity contribution < 1.29 is 4.79 Å². The first-order valence-electron chi connectivity index (χ1n) is 5.18. The summed E-state index contributed by atoms with van der Waals surface area (Å²) in [4.78, 5) is 15.8. The molecule has 0 fully saturated rings. The molecule has 2 N–H and O–H groups in total. The molecule has 1 aromatic heterocycles. The van der Waals surface area contributed by atoms with Crippen molar-refractivity contribution in [2.45, 2.75) is 0 Å². The number of hydrogen-bond acceptors (Lipinski definition) is 3. The number of aromatic nitrogens is 2. The normalized spacial score (nSPS) is 10.8. The summed E-state index contributed by atoms with van der Waals surface area (Å²) in [6.45, 7) is 0.254. The van der Waals surface area contributed by atoms with Gasteiger partial charge in [-0.25, -0.2) is 4.98 Å². The van der Waals surface area contributed by atoms with Gasteiger partial charge in [-0.05, 0) is 25.2 Å². The summed E-state index contributed by atoms with van der Waals surface area (Å²) in [6, 6.07) is 5.44. The smallest absolute Gasteiger partial charge is 0.240 e. The number of amides is 1. The minimum Gasteiger partial charge on any atom is -0.313 e. The van der Waals surface area contributed by atoms with Crippen LogP contribution in [0.25, 0.3) is 11.0 Å². The van der Waals surface area contributed by atoms with Gasteiger partial charge < -0.3 is 9.88 Å². The largest absolute Gasteiger partial charge is 0.313 e. The van der Waals surface area contributed by atoms with E-state index in [0.717, 1.165) is 11.0 Å². The number of aryl methyl sites for hydroxylation is 1. The third-order valence-electron chi connectivity index (χ3n) is 2.43. The van der Waals surface area contributed by atoms with Crippen molar-refractivity contribution in [3.05, 3.63) is 23.2 Å². The third kappa shape index (κ3) is 2.40. The maximum atomic E-state index is 11.5. The second kappa shape index (κ2) is 4.73. The van der Waals surface area contributed by atoms with E-state index in [4.69, 9.17) is 11.6 Å². The van der Waals surface area contributed by atoms with Crippen LogP contribution in [0.3, 0.4) is 0 Å². The first-order chi connectivity index (χ1) is 8.11. The van der Waals surface area contributed by atoms with Crippen LogP contribution < -0.4 is 10.6 Å². The standard InChI is InChI=1S/C11H13ClN4O/c1-13-6-10(17)15-11-14-8-5-7(12)3-4-9(8)16(11)2/h3-5,13H,6H2,1-2H3,(H,14,15,17). The van der Waals surface area contributed by atoms with Gasteiger partial charge >= 0.3 is 0 Å². The molecule has 0 saturated heterocycles. The van der Waals surface area contributed by atoms with Crippen LogP contribution in [0, 0.1) is 0 Å². The molecule has 1 amide bonds. The fraction of sp³-hybridized carbons (Fsp3) is 0.273. The minimum absolute atomic E-state index is 0.128. The zero-order chi connectivity index (χ0) is 12.4. The zero-order valence-electron chi connectivity index (χ0n) is 9.62. The molecule has 0 spiro atoms. The number of fused-ring (bicyclic) bond motifs is 1. The molecular formula is C11H13ClN4O. The molecule has 17 heavy (non-hydrogen) atoms. The number of nitrogens with zero attached hydrogens (tertiary/aromatic N) is 2. The first kappa shape index (κ1) is 11.9. The number of nitrogens with one attached hydrogen (secondary N) is 2. The second-order valence-corrected chi connectivity index (χ2v) is 4.14. The average Bonchev–Trinajstić information content (AvgIpc) is 2.55. The summed E-state index contributed by atoms with van der Waals surface area (Å²) in [5.41, 5.74) is 1.69. The lowest BCUT2D eigenvalue weighted by molar-refractivity contribution is -0.115. The Hall–Kier alpha value is -1.59. The number of carbonyl (C=O) groups is 1. The number of carbonyl (C=O) groups excluding carboxylic acids is 1. The van der Waals surface area contributed by atoms with E-state index >= 15 is 0 Å². The Balaban J connectivity index is 2.35. The van der Waals surface area contributed by atoms with Gasteiger partial charge in [-0.3, -0.25) is 10.1 Å². The van der Waals surface area contributed by atoms with Gasteiger partial charge in [0.05, 0.1) is 17.6 Å². The highest BCUT2D eigenvalue weighted by Crippen LogP contribution is 2.21. The summed E-state index contributed by atoms with van der Waals surface area (Å²) in [5, 5.41) is 6.14. The van der Waals surface area contributed by atoms with Gasteiger partial charge in [0.25, 0.3) is 0 Å². The number of rotatable bonds is 3. The fourth-order valence-corrected chi connectivity index (χ4v) is 1.78. The number of anilines is 1. The first-order valence-corrected chi connectivity index (χ1v) is 5.56. The van der Waals surface area contributed by atoms with Gasteiger partial charge in [-0.1, -0.05) is 11.6 Å². The number of likely N-dealkylation sites (N-methyl/N-ethyl adjacent to an activating group) is 1. The highest BCUT2D eigenvalue weighted by Gasteiger charge is 2.10. The van der Waals surface area contributed by atoms with Crippen LogP contribution >= 0.6 is 11.6 Å². The molecule has 2 aromatic rings. The molecule has 1 heterocycles. The lowest BCUT2D eigenvalue weighted by atomic mass is 10.3. The molecule has 2 rings (SSSR count). The van der Waals surface area contributed by atoms with Crippen molar-refractivity contribution in [2.75, 3.05) is 18.9 Å². The quantitative estimate of drug-likeness (QED) is 0.868. The van der Waals surface area contributed by atoms with E-state index in [1.807, 2.05) is 17.7 Å². The highest BCUT2D eigenvalue weighted by molar-refractivity contribution is 6.31. The minimum atomic E-state index is -0.128. The average molecular weight is 253 g/mol. The Kier molecular flexibility index (Phi) is 3.31. The van der Waals surface area contributed by atoms with Gasteiger partial charge in [0.2, 0.25) is 11.9 Å². The SMILES string of the molecule is CNCC(=O)Nc1nc2cc(Cl)ccc2n1C. The molecule has 0 radical (unpaired) electrons. The number of benzene rings is 1. The van der Waals surface area contributed by atoms with Crippen LogP contribution in [0.5, 0.6) is 0 Å². The van der Waals surface area contributed by atoms with Crippen LogP contribution in [0.4, 0.5) is 5.95 Å². The summed E-state index contributed by atoms with van der Waals surface area (Å²) in [6.07, 6.45) is 0. The second-order valence-electron chi connectivity index (χ2n) is 3.71. The Morgan fingerprint density at radius 3 is 3.00 bits per heavy atom. The van der Waals surface area contributed by atoms with Gasteiger partial charge in [0.1, 0.15) is 0 Å². The van der Waals surface area contributed by atoms with Crippen LogP contribution in [-0.4, -0.2) is 29.1 Å². The van der Waals surface area contributed by atoms with E-state index < -0.39 is 0 Å². The van der Waals surface area contributed by atoms with Gasteiger partial charge in [-0.15, -0.1) is 0 Å². The predicted molar refractivity (Wildman–Crippen MR) is 68.3 cm³/mol. The topological polar surface area (TPSA) is 59.0 Å². The predicted octanol–water partition coefficient (Wildman–Crippen LogP) is 1.38. The summed E-state index contributed by atoms with van der Waals surface area (Å²) < 4.78 is 1.82. The van der Waals surface area contributed by atoms with E-state index in [1.54, 1.807) is 19.2 Å². The molecule has 90 valence electrons. The van der Waals surface area contributed by atoms with Crippen molar-refractivity contribution in [3.63, 3.8) is 0 Å². The molecule has 0 aliphatic rings. The molecule has 6 heteroatoms. The maximum Gasteiger partial charge on any atom is 0.240 e.